The lowest BCUT2D eigenvalue weighted by Gasteiger charge is -2.46. The zero-order chi connectivity index (χ0) is 13.4. The van der Waals surface area contributed by atoms with Gasteiger partial charge in [0, 0.05) is 37.4 Å². The van der Waals surface area contributed by atoms with Crippen LogP contribution in [0.1, 0.15) is 25.7 Å². The molecule has 4 nitrogen and oxygen atoms in total. The maximum Gasteiger partial charge on any atom is 0.138 e. The third-order valence-corrected chi connectivity index (χ3v) is 4.95. The van der Waals surface area contributed by atoms with Crippen molar-refractivity contribution in [3.8, 4) is 0 Å². The van der Waals surface area contributed by atoms with E-state index in [1.807, 2.05) is 6.20 Å². The average molecular weight is 270 g/mol. The number of imidazole rings is 1. The monoisotopic (exact) mass is 270 g/mol. The van der Waals surface area contributed by atoms with Crippen LogP contribution in [0.25, 0.3) is 5.65 Å². The van der Waals surface area contributed by atoms with Crippen molar-refractivity contribution in [3.63, 3.8) is 0 Å². The van der Waals surface area contributed by atoms with Gasteiger partial charge in [0.2, 0.25) is 0 Å². The molecule has 2 aliphatic heterocycles. The Labute approximate surface area is 119 Å². The summed E-state index contributed by atoms with van der Waals surface area (Å²) in [6.07, 6.45) is 9.33. The molecule has 2 fully saturated rings. The summed E-state index contributed by atoms with van der Waals surface area (Å²) in [5, 5.41) is 3.60. The third-order valence-electron chi connectivity index (χ3n) is 4.95. The van der Waals surface area contributed by atoms with Crippen LogP contribution >= 0.6 is 0 Å². The molecule has 2 aromatic rings. The van der Waals surface area contributed by atoms with E-state index in [0.717, 1.165) is 5.65 Å². The highest BCUT2D eigenvalue weighted by Gasteiger charge is 2.36. The SMILES string of the molecule is c1cc(N2CCCC3(CCCNC3)C2)n2ccnc2c1. The Bertz CT molecular complexity index is 592. The lowest BCUT2D eigenvalue weighted by Crippen LogP contribution is -2.51. The molecule has 4 heteroatoms. The largest absolute Gasteiger partial charge is 0.357 e. The number of fused-ring (bicyclic) bond motifs is 1. The molecular formula is C16H22N4. The standard InChI is InChI=1S/C16H22N4/c1-4-14-18-9-11-20(14)15(5-1)19-10-3-7-16(13-19)6-2-8-17-12-16/h1,4-5,9,11,17H,2-3,6-8,10,12-13H2. The molecule has 0 radical (unpaired) electrons. The molecule has 2 aliphatic rings. The van der Waals surface area contributed by atoms with Gasteiger partial charge in [0.05, 0.1) is 0 Å². The molecule has 0 amide bonds. The molecule has 0 bridgehead atoms. The van der Waals surface area contributed by atoms with Crippen molar-refractivity contribution in [1.29, 1.82) is 0 Å². The van der Waals surface area contributed by atoms with Gasteiger partial charge in [0.25, 0.3) is 0 Å². The average Bonchev–Trinajstić information content (AvgIpc) is 2.96. The lowest BCUT2D eigenvalue weighted by molar-refractivity contribution is 0.172. The Morgan fingerprint density at radius 3 is 3.05 bits per heavy atom. The fourth-order valence-electron chi connectivity index (χ4n) is 3.97. The van der Waals surface area contributed by atoms with E-state index in [0.29, 0.717) is 5.41 Å². The molecule has 1 unspecified atom stereocenters. The second-order valence-electron chi connectivity index (χ2n) is 6.34. The van der Waals surface area contributed by atoms with Crippen LogP contribution < -0.4 is 10.2 Å². The zero-order valence-corrected chi connectivity index (χ0v) is 11.9. The lowest BCUT2D eigenvalue weighted by atomic mass is 9.74. The molecular weight excluding hydrogens is 248 g/mol. The summed E-state index contributed by atoms with van der Waals surface area (Å²) in [5.41, 5.74) is 1.53. The first-order valence-electron chi connectivity index (χ1n) is 7.74. The molecule has 0 saturated carbocycles. The van der Waals surface area contributed by atoms with E-state index < -0.39 is 0 Å². The number of rotatable bonds is 1. The van der Waals surface area contributed by atoms with Crippen molar-refractivity contribution >= 4 is 11.5 Å². The summed E-state index contributed by atoms with van der Waals surface area (Å²) in [6.45, 7) is 4.72. The summed E-state index contributed by atoms with van der Waals surface area (Å²) in [5.74, 6) is 1.30. The molecule has 4 rings (SSSR count). The van der Waals surface area contributed by atoms with Gasteiger partial charge in [0.1, 0.15) is 11.5 Å². The summed E-state index contributed by atoms with van der Waals surface area (Å²) in [7, 11) is 0. The van der Waals surface area contributed by atoms with Gasteiger partial charge in [-0.05, 0) is 44.4 Å². The van der Waals surface area contributed by atoms with E-state index in [1.165, 1.54) is 57.7 Å². The minimum Gasteiger partial charge on any atom is -0.357 e. The summed E-state index contributed by atoms with van der Waals surface area (Å²) in [6, 6.07) is 6.42. The number of hydrogen-bond donors (Lipinski definition) is 1. The molecule has 0 aliphatic carbocycles. The van der Waals surface area contributed by atoms with Gasteiger partial charge >= 0.3 is 0 Å². The number of pyridine rings is 1. The van der Waals surface area contributed by atoms with Crippen LogP contribution in [0, 0.1) is 5.41 Å². The Balaban J connectivity index is 1.66. The molecule has 1 spiro atoms. The van der Waals surface area contributed by atoms with Crippen LogP contribution in [0.5, 0.6) is 0 Å². The molecule has 2 saturated heterocycles. The third kappa shape index (κ3) is 1.99. The van der Waals surface area contributed by atoms with Gasteiger partial charge in [-0.3, -0.25) is 4.40 Å². The van der Waals surface area contributed by atoms with Crippen LogP contribution in [0.15, 0.2) is 30.6 Å². The van der Waals surface area contributed by atoms with E-state index in [2.05, 4.69) is 44.0 Å². The van der Waals surface area contributed by atoms with Crippen LogP contribution in [0.2, 0.25) is 0 Å². The van der Waals surface area contributed by atoms with Crippen molar-refractivity contribution in [3.05, 3.63) is 30.6 Å². The normalized spacial score (nSPS) is 27.3. The number of nitrogens with one attached hydrogen (secondary N) is 1. The van der Waals surface area contributed by atoms with Crippen molar-refractivity contribution in [2.75, 3.05) is 31.1 Å². The van der Waals surface area contributed by atoms with Crippen LogP contribution in [0.4, 0.5) is 5.82 Å². The number of aromatic nitrogens is 2. The predicted octanol–water partition coefficient (Wildman–Crippen LogP) is 2.30. The first-order chi connectivity index (χ1) is 9.86. The fourth-order valence-corrected chi connectivity index (χ4v) is 3.97. The number of hydrogen-bond acceptors (Lipinski definition) is 3. The Hall–Kier alpha value is -1.55. The smallest absolute Gasteiger partial charge is 0.138 e. The highest BCUT2D eigenvalue weighted by Crippen LogP contribution is 2.37. The minimum atomic E-state index is 0.485. The maximum absolute atomic E-state index is 4.40. The molecule has 2 aromatic heterocycles. The van der Waals surface area contributed by atoms with Crippen molar-refractivity contribution in [2.45, 2.75) is 25.7 Å². The van der Waals surface area contributed by atoms with Crippen LogP contribution in [-0.4, -0.2) is 35.6 Å². The molecule has 0 aromatic carbocycles. The Morgan fingerprint density at radius 1 is 1.20 bits per heavy atom. The van der Waals surface area contributed by atoms with E-state index in [9.17, 15) is 0 Å². The van der Waals surface area contributed by atoms with Crippen molar-refractivity contribution in [1.82, 2.24) is 14.7 Å². The predicted molar refractivity (Wildman–Crippen MR) is 81.2 cm³/mol. The van der Waals surface area contributed by atoms with Crippen molar-refractivity contribution in [2.24, 2.45) is 5.41 Å². The van der Waals surface area contributed by atoms with Gasteiger partial charge in [-0.15, -0.1) is 0 Å². The van der Waals surface area contributed by atoms with Crippen molar-refractivity contribution < 1.29 is 0 Å². The van der Waals surface area contributed by atoms with Crippen LogP contribution in [0.3, 0.4) is 0 Å². The Kier molecular flexibility index (Phi) is 2.91. The van der Waals surface area contributed by atoms with Crippen LogP contribution in [-0.2, 0) is 0 Å². The Morgan fingerprint density at radius 2 is 2.15 bits per heavy atom. The maximum atomic E-state index is 4.40. The van der Waals surface area contributed by atoms with Gasteiger partial charge < -0.3 is 10.2 Å². The second-order valence-corrected chi connectivity index (χ2v) is 6.34. The summed E-state index contributed by atoms with van der Waals surface area (Å²) >= 11 is 0. The molecule has 20 heavy (non-hydrogen) atoms. The van der Waals surface area contributed by atoms with Gasteiger partial charge in [-0.1, -0.05) is 6.07 Å². The molecule has 1 atom stereocenters. The second kappa shape index (κ2) is 4.77. The fraction of sp³-hybridized carbons (Fsp3) is 0.562. The number of nitrogens with zero attached hydrogens (tertiary/aromatic N) is 3. The van der Waals surface area contributed by atoms with Gasteiger partial charge in [-0.2, -0.15) is 0 Å². The summed E-state index contributed by atoms with van der Waals surface area (Å²) < 4.78 is 2.22. The van der Waals surface area contributed by atoms with Gasteiger partial charge in [-0.25, -0.2) is 4.98 Å². The van der Waals surface area contributed by atoms with E-state index in [1.54, 1.807) is 0 Å². The quantitative estimate of drug-likeness (QED) is 0.863. The number of piperidine rings is 2. The summed E-state index contributed by atoms with van der Waals surface area (Å²) in [4.78, 5) is 6.96. The molecule has 106 valence electrons. The van der Waals surface area contributed by atoms with E-state index in [4.69, 9.17) is 0 Å². The zero-order valence-electron chi connectivity index (χ0n) is 11.9. The first kappa shape index (κ1) is 12.2. The van der Waals surface area contributed by atoms with E-state index in [-0.39, 0.29) is 0 Å². The highest BCUT2D eigenvalue weighted by atomic mass is 15.2. The molecule has 4 heterocycles. The first-order valence-corrected chi connectivity index (χ1v) is 7.74. The minimum absolute atomic E-state index is 0.485. The number of anilines is 1. The van der Waals surface area contributed by atoms with E-state index >= 15 is 0 Å². The molecule has 1 N–H and O–H groups in total. The highest BCUT2D eigenvalue weighted by molar-refractivity contribution is 5.52. The topological polar surface area (TPSA) is 32.6 Å². The van der Waals surface area contributed by atoms with Gasteiger partial charge in [0.15, 0.2) is 0 Å².